The summed E-state index contributed by atoms with van der Waals surface area (Å²) in [7, 11) is 0. The highest BCUT2D eigenvalue weighted by Gasteiger charge is 2.68. The lowest BCUT2D eigenvalue weighted by Crippen LogP contribution is -2.61. The first-order chi connectivity index (χ1) is 16.9. The summed E-state index contributed by atoms with van der Waals surface area (Å²) in [5.74, 6) is -2.18. The normalized spacial score (nSPS) is 41.8. The van der Waals surface area contributed by atoms with E-state index in [2.05, 4.69) is 6.92 Å². The third-order valence-corrected chi connectivity index (χ3v) is 9.92. The molecule has 5 rings (SSSR count). The van der Waals surface area contributed by atoms with Gasteiger partial charge in [0, 0.05) is 5.41 Å². The molecule has 8 nitrogen and oxygen atoms in total. The van der Waals surface area contributed by atoms with Gasteiger partial charge in [0.05, 0.1) is 23.1 Å². The minimum Gasteiger partial charge on any atom is -0.479 e. The number of hydrogen-bond donors (Lipinski definition) is 5. The highest BCUT2D eigenvalue weighted by molar-refractivity contribution is 6.11. The Morgan fingerprint density at radius 1 is 1.19 bits per heavy atom. The van der Waals surface area contributed by atoms with Gasteiger partial charge in [-0.3, -0.25) is 0 Å². The third-order valence-electron chi connectivity index (χ3n) is 9.92. The van der Waals surface area contributed by atoms with Crippen molar-refractivity contribution >= 4 is 23.3 Å². The van der Waals surface area contributed by atoms with Gasteiger partial charge < -0.3 is 26.2 Å². The second-order valence-electron chi connectivity index (χ2n) is 11.5. The van der Waals surface area contributed by atoms with E-state index < -0.39 is 29.1 Å². The molecule has 3 saturated carbocycles. The Bertz CT molecular complexity index is 1220. The SMILES string of the molecule is C[C@]12CC(=CN)C(=Nc3cccc(C(=O)O)c3)C=C1CC[C@@H]1C2C(O)C[C@@]2(C)C1CC[C@]2(O)C(=O)O. The Morgan fingerprint density at radius 2 is 1.94 bits per heavy atom. The molecular weight excluding hydrogens is 460 g/mol. The Hall–Kier alpha value is -2.97. The summed E-state index contributed by atoms with van der Waals surface area (Å²) in [5.41, 5.74) is 6.39. The first-order valence-electron chi connectivity index (χ1n) is 12.6. The summed E-state index contributed by atoms with van der Waals surface area (Å²) < 4.78 is 0. The van der Waals surface area contributed by atoms with Crippen molar-refractivity contribution in [2.75, 3.05) is 0 Å². The molecule has 7 atom stereocenters. The van der Waals surface area contributed by atoms with Crippen LogP contribution in [0.3, 0.4) is 0 Å². The minimum atomic E-state index is -1.82. The second kappa shape index (κ2) is 8.28. The number of aliphatic hydroxyl groups excluding tert-OH is 1. The number of hydrogen-bond acceptors (Lipinski definition) is 6. The molecule has 3 fully saturated rings. The zero-order chi connectivity index (χ0) is 26.0. The number of allylic oxidation sites excluding steroid dienone is 3. The number of nitrogens with zero attached hydrogens (tertiary/aromatic N) is 1. The summed E-state index contributed by atoms with van der Waals surface area (Å²) in [6.45, 7) is 4.00. The Labute approximate surface area is 210 Å². The summed E-state index contributed by atoms with van der Waals surface area (Å²) >= 11 is 0. The molecule has 1 aromatic carbocycles. The molecule has 0 radical (unpaired) electrons. The molecule has 0 bridgehead atoms. The van der Waals surface area contributed by atoms with E-state index in [-0.39, 0.29) is 41.6 Å². The Morgan fingerprint density at radius 3 is 2.61 bits per heavy atom. The average molecular weight is 495 g/mol. The number of carboxylic acids is 2. The zero-order valence-electron chi connectivity index (χ0n) is 20.6. The van der Waals surface area contributed by atoms with E-state index in [4.69, 9.17) is 10.7 Å². The average Bonchev–Trinajstić information content (AvgIpc) is 3.10. The first-order valence-corrected chi connectivity index (χ1v) is 12.6. The molecule has 8 heteroatoms. The topological polar surface area (TPSA) is 153 Å². The molecule has 4 aliphatic rings. The van der Waals surface area contributed by atoms with Crippen molar-refractivity contribution in [2.45, 2.75) is 64.1 Å². The van der Waals surface area contributed by atoms with E-state index in [1.54, 1.807) is 18.3 Å². The quantitative estimate of drug-likeness (QED) is 0.430. The second-order valence-corrected chi connectivity index (χ2v) is 11.5. The van der Waals surface area contributed by atoms with E-state index in [0.717, 1.165) is 18.4 Å². The van der Waals surface area contributed by atoms with Crippen LogP contribution >= 0.6 is 0 Å². The zero-order valence-corrected chi connectivity index (χ0v) is 20.6. The van der Waals surface area contributed by atoms with Crippen LogP contribution in [0.25, 0.3) is 0 Å². The summed E-state index contributed by atoms with van der Waals surface area (Å²) in [5, 5.41) is 41.8. The maximum absolute atomic E-state index is 12.1. The number of fused-ring (bicyclic) bond motifs is 5. The number of carbonyl (C=O) groups is 2. The molecule has 4 aliphatic carbocycles. The van der Waals surface area contributed by atoms with E-state index in [1.807, 2.05) is 13.0 Å². The van der Waals surface area contributed by atoms with Gasteiger partial charge in [-0.25, -0.2) is 14.6 Å². The van der Waals surface area contributed by atoms with Crippen molar-refractivity contribution in [3.8, 4) is 0 Å². The van der Waals surface area contributed by atoms with Crippen LogP contribution < -0.4 is 5.73 Å². The van der Waals surface area contributed by atoms with Gasteiger partial charge in [-0.05, 0) is 97.7 Å². The van der Waals surface area contributed by atoms with E-state index in [1.165, 1.54) is 17.7 Å². The van der Waals surface area contributed by atoms with Gasteiger partial charge in [0.2, 0.25) is 0 Å². The number of aliphatic carboxylic acids is 1. The molecule has 0 aliphatic heterocycles. The van der Waals surface area contributed by atoms with Crippen molar-refractivity contribution in [2.24, 2.45) is 39.3 Å². The van der Waals surface area contributed by atoms with Gasteiger partial charge in [-0.1, -0.05) is 25.5 Å². The fraction of sp³-hybridized carbons (Fsp3) is 0.536. The van der Waals surface area contributed by atoms with Crippen molar-refractivity contribution in [1.29, 1.82) is 0 Å². The van der Waals surface area contributed by atoms with Crippen LogP contribution in [0.15, 0.2) is 52.7 Å². The summed E-state index contributed by atoms with van der Waals surface area (Å²) in [6.07, 6.45) is 6.09. The molecule has 192 valence electrons. The van der Waals surface area contributed by atoms with Gasteiger partial charge in [0.15, 0.2) is 5.60 Å². The van der Waals surface area contributed by atoms with Crippen molar-refractivity contribution in [3.63, 3.8) is 0 Å². The molecule has 0 amide bonds. The van der Waals surface area contributed by atoms with E-state index >= 15 is 0 Å². The van der Waals surface area contributed by atoms with E-state index in [0.29, 0.717) is 24.2 Å². The minimum absolute atomic E-state index is 0.0181. The lowest BCUT2D eigenvalue weighted by Gasteiger charge is -2.60. The Kier molecular flexibility index (Phi) is 5.68. The number of rotatable bonds is 3. The van der Waals surface area contributed by atoms with Gasteiger partial charge in [-0.15, -0.1) is 0 Å². The fourth-order valence-corrected chi connectivity index (χ4v) is 8.14. The lowest BCUT2D eigenvalue weighted by atomic mass is 9.45. The molecule has 0 heterocycles. The maximum Gasteiger partial charge on any atom is 0.336 e. The predicted molar refractivity (Wildman–Crippen MR) is 134 cm³/mol. The molecule has 6 N–H and O–H groups in total. The Balaban J connectivity index is 1.52. The largest absolute Gasteiger partial charge is 0.479 e. The van der Waals surface area contributed by atoms with Gasteiger partial charge in [0.25, 0.3) is 0 Å². The monoisotopic (exact) mass is 494 g/mol. The fourth-order valence-electron chi connectivity index (χ4n) is 8.14. The van der Waals surface area contributed by atoms with Gasteiger partial charge in [-0.2, -0.15) is 0 Å². The van der Waals surface area contributed by atoms with Crippen LogP contribution in [0.2, 0.25) is 0 Å². The van der Waals surface area contributed by atoms with Crippen LogP contribution in [0, 0.1) is 28.6 Å². The molecule has 36 heavy (non-hydrogen) atoms. The first kappa shape index (κ1) is 24.7. The molecule has 0 spiro atoms. The van der Waals surface area contributed by atoms with Gasteiger partial charge in [0.1, 0.15) is 0 Å². The number of aliphatic imine (C=N–C) groups is 1. The molecule has 3 unspecified atom stereocenters. The predicted octanol–water partition coefficient (Wildman–Crippen LogP) is 3.66. The molecule has 0 saturated heterocycles. The van der Waals surface area contributed by atoms with Crippen molar-refractivity contribution in [3.05, 3.63) is 53.3 Å². The van der Waals surface area contributed by atoms with Crippen LogP contribution in [-0.2, 0) is 4.79 Å². The highest BCUT2D eigenvalue weighted by atomic mass is 16.4. The standard InChI is InChI=1S/C28H34N2O6/c1-26-12-16(14-29)21(30-18-5-3-4-15(10-18)24(32)33)11-17(26)6-7-19-20-8-9-28(36,25(34)35)27(20,2)13-22(31)23(19)26/h3-5,10-11,14,19-20,22-23,31,36H,6-9,12-13,29H2,1-2H3,(H,32,33)(H,34,35)/t19-,20?,22?,23?,26-,27-,28-/m0/s1. The van der Waals surface area contributed by atoms with Crippen LogP contribution in [-0.4, -0.2) is 49.8 Å². The summed E-state index contributed by atoms with van der Waals surface area (Å²) in [6, 6.07) is 6.47. The number of carboxylic acid groups (broad SMARTS) is 2. The maximum atomic E-state index is 12.1. The van der Waals surface area contributed by atoms with Crippen molar-refractivity contribution in [1.82, 2.24) is 0 Å². The number of aromatic carboxylic acids is 1. The molecular formula is C28H34N2O6. The van der Waals surface area contributed by atoms with Gasteiger partial charge >= 0.3 is 11.9 Å². The van der Waals surface area contributed by atoms with E-state index in [9.17, 15) is 30.0 Å². The van der Waals surface area contributed by atoms with Crippen LogP contribution in [0.1, 0.15) is 62.7 Å². The number of benzene rings is 1. The van der Waals surface area contributed by atoms with Crippen molar-refractivity contribution < 1.29 is 30.0 Å². The molecule has 0 aromatic heterocycles. The van der Waals surface area contributed by atoms with Crippen LogP contribution in [0.5, 0.6) is 0 Å². The number of aliphatic hydroxyl groups is 2. The molecule has 1 aromatic rings. The highest BCUT2D eigenvalue weighted by Crippen LogP contribution is 2.67. The third kappa shape index (κ3) is 3.38. The summed E-state index contributed by atoms with van der Waals surface area (Å²) in [4.78, 5) is 28.2. The number of nitrogens with two attached hydrogens (primary N) is 1. The lowest BCUT2D eigenvalue weighted by molar-refractivity contribution is -0.193. The van der Waals surface area contributed by atoms with Crippen LogP contribution in [0.4, 0.5) is 5.69 Å². The smallest absolute Gasteiger partial charge is 0.336 e.